The molecule has 0 amide bonds. The Labute approximate surface area is 126 Å². The standard InChI is InChI=1S/C17H35N3/c1-4-10-18-17(16-7-5-6-8-16)14-20(3)13-15-9-11-19(2)12-15/h15-18H,4-14H2,1-3H3. The van der Waals surface area contributed by atoms with Crippen LogP contribution in [-0.2, 0) is 0 Å². The first-order valence-corrected chi connectivity index (χ1v) is 8.79. The van der Waals surface area contributed by atoms with E-state index in [2.05, 4.69) is 36.1 Å². The van der Waals surface area contributed by atoms with E-state index in [0.29, 0.717) is 0 Å². The van der Waals surface area contributed by atoms with Gasteiger partial charge in [0, 0.05) is 25.7 Å². The third kappa shape index (κ3) is 5.01. The summed E-state index contributed by atoms with van der Waals surface area (Å²) < 4.78 is 0. The van der Waals surface area contributed by atoms with Crippen LogP contribution in [0.4, 0.5) is 0 Å². The van der Waals surface area contributed by atoms with Crippen LogP contribution in [0.2, 0.25) is 0 Å². The Morgan fingerprint density at radius 3 is 2.60 bits per heavy atom. The highest BCUT2D eigenvalue weighted by molar-refractivity contribution is 4.84. The summed E-state index contributed by atoms with van der Waals surface area (Å²) in [6, 6.07) is 0.724. The van der Waals surface area contributed by atoms with Gasteiger partial charge in [-0.15, -0.1) is 0 Å². The van der Waals surface area contributed by atoms with E-state index in [9.17, 15) is 0 Å². The molecule has 1 N–H and O–H groups in total. The van der Waals surface area contributed by atoms with E-state index in [-0.39, 0.29) is 0 Å². The van der Waals surface area contributed by atoms with Crippen LogP contribution < -0.4 is 5.32 Å². The Balaban J connectivity index is 1.76. The molecule has 1 aliphatic carbocycles. The molecular weight excluding hydrogens is 246 g/mol. The van der Waals surface area contributed by atoms with Crippen molar-refractivity contribution < 1.29 is 0 Å². The molecule has 1 aliphatic heterocycles. The van der Waals surface area contributed by atoms with Crippen molar-refractivity contribution in [3.05, 3.63) is 0 Å². The summed E-state index contributed by atoms with van der Waals surface area (Å²) in [6.07, 6.45) is 8.43. The Hall–Kier alpha value is -0.120. The zero-order valence-corrected chi connectivity index (χ0v) is 13.9. The van der Waals surface area contributed by atoms with Crippen molar-refractivity contribution in [2.75, 3.05) is 46.8 Å². The fourth-order valence-electron chi connectivity index (χ4n) is 4.10. The Morgan fingerprint density at radius 1 is 1.25 bits per heavy atom. The minimum absolute atomic E-state index is 0.724. The molecule has 1 heterocycles. The molecule has 2 atom stereocenters. The number of nitrogens with zero attached hydrogens (tertiary/aromatic N) is 2. The molecule has 0 radical (unpaired) electrons. The minimum atomic E-state index is 0.724. The molecule has 1 saturated heterocycles. The van der Waals surface area contributed by atoms with Gasteiger partial charge in [0.25, 0.3) is 0 Å². The van der Waals surface area contributed by atoms with Gasteiger partial charge >= 0.3 is 0 Å². The predicted octanol–water partition coefficient (Wildman–Crippen LogP) is 2.43. The molecule has 0 spiro atoms. The van der Waals surface area contributed by atoms with Crippen LogP contribution >= 0.6 is 0 Å². The van der Waals surface area contributed by atoms with Gasteiger partial charge in [0.05, 0.1) is 0 Å². The molecule has 3 heteroatoms. The van der Waals surface area contributed by atoms with Crippen LogP contribution in [0.1, 0.15) is 45.4 Å². The first kappa shape index (κ1) is 16.3. The van der Waals surface area contributed by atoms with Crippen molar-refractivity contribution >= 4 is 0 Å². The van der Waals surface area contributed by atoms with Crippen molar-refractivity contribution in [1.82, 2.24) is 15.1 Å². The minimum Gasteiger partial charge on any atom is -0.312 e. The number of hydrogen-bond donors (Lipinski definition) is 1. The van der Waals surface area contributed by atoms with E-state index in [1.165, 1.54) is 71.2 Å². The van der Waals surface area contributed by atoms with E-state index in [0.717, 1.165) is 17.9 Å². The van der Waals surface area contributed by atoms with Gasteiger partial charge in [-0.25, -0.2) is 0 Å². The maximum absolute atomic E-state index is 3.82. The fourth-order valence-corrected chi connectivity index (χ4v) is 4.10. The first-order valence-electron chi connectivity index (χ1n) is 8.79. The van der Waals surface area contributed by atoms with Gasteiger partial charge in [-0.1, -0.05) is 19.8 Å². The largest absolute Gasteiger partial charge is 0.312 e. The molecule has 20 heavy (non-hydrogen) atoms. The van der Waals surface area contributed by atoms with E-state index in [1.54, 1.807) is 0 Å². The summed E-state index contributed by atoms with van der Waals surface area (Å²) in [5.74, 6) is 1.82. The van der Waals surface area contributed by atoms with Crippen LogP contribution in [0, 0.1) is 11.8 Å². The smallest absolute Gasteiger partial charge is 0.0223 e. The zero-order chi connectivity index (χ0) is 14.4. The predicted molar refractivity (Wildman–Crippen MR) is 87.1 cm³/mol. The molecule has 1 saturated carbocycles. The summed E-state index contributed by atoms with van der Waals surface area (Å²) >= 11 is 0. The SMILES string of the molecule is CCCNC(CN(C)CC1CCN(C)C1)C1CCCC1. The normalized spacial score (nSPS) is 26.7. The van der Waals surface area contributed by atoms with Gasteiger partial charge in [-0.3, -0.25) is 0 Å². The summed E-state index contributed by atoms with van der Waals surface area (Å²) in [7, 11) is 4.58. The van der Waals surface area contributed by atoms with Crippen LogP contribution in [0.15, 0.2) is 0 Å². The average Bonchev–Trinajstić information content (AvgIpc) is 3.06. The van der Waals surface area contributed by atoms with E-state index in [1.807, 2.05) is 0 Å². The fraction of sp³-hybridized carbons (Fsp3) is 1.00. The van der Waals surface area contributed by atoms with Gasteiger partial charge < -0.3 is 15.1 Å². The summed E-state index contributed by atoms with van der Waals surface area (Å²) in [4.78, 5) is 5.07. The van der Waals surface area contributed by atoms with Gasteiger partial charge in [-0.2, -0.15) is 0 Å². The number of likely N-dealkylation sites (N-methyl/N-ethyl adjacent to an activating group) is 1. The number of likely N-dealkylation sites (tertiary alicyclic amines) is 1. The summed E-state index contributed by atoms with van der Waals surface area (Å²) in [5, 5.41) is 3.82. The highest BCUT2D eigenvalue weighted by Crippen LogP contribution is 2.28. The number of hydrogen-bond acceptors (Lipinski definition) is 3. The van der Waals surface area contributed by atoms with Gasteiger partial charge in [0.1, 0.15) is 0 Å². The maximum atomic E-state index is 3.82. The lowest BCUT2D eigenvalue weighted by Crippen LogP contribution is -2.45. The average molecular weight is 281 g/mol. The van der Waals surface area contributed by atoms with E-state index in [4.69, 9.17) is 0 Å². The highest BCUT2D eigenvalue weighted by atomic mass is 15.2. The van der Waals surface area contributed by atoms with Gasteiger partial charge in [0.15, 0.2) is 0 Å². The Morgan fingerprint density at radius 2 is 2.00 bits per heavy atom. The third-order valence-corrected chi connectivity index (χ3v) is 5.19. The first-order chi connectivity index (χ1) is 9.69. The molecule has 3 nitrogen and oxygen atoms in total. The molecule has 0 aromatic carbocycles. The third-order valence-electron chi connectivity index (χ3n) is 5.19. The quantitative estimate of drug-likeness (QED) is 0.737. The molecule has 2 rings (SSSR count). The second kappa shape index (κ2) is 8.35. The Bertz CT molecular complexity index is 263. The van der Waals surface area contributed by atoms with E-state index < -0.39 is 0 Å². The topological polar surface area (TPSA) is 18.5 Å². The highest BCUT2D eigenvalue weighted by Gasteiger charge is 2.27. The van der Waals surface area contributed by atoms with Crippen molar-refractivity contribution in [3.63, 3.8) is 0 Å². The van der Waals surface area contributed by atoms with E-state index >= 15 is 0 Å². The molecule has 0 bridgehead atoms. The van der Waals surface area contributed by atoms with Gasteiger partial charge in [-0.05, 0) is 64.7 Å². The molecule has 0 aromatic heterocycles. The summed E-state index contributed by atoms with van der Waals surface area (Å²) in [5.41, 5.74) is 0. The molecular formula is C17H35N3. The molecule has 118 valence electrons. The van der Waals surface area contributed by atoms with Crippen molar-refractivity contribution in [3.8, 4) is 0 Å². The lowest BCUT2D eigenvalue weighted by atomic mass is 9.97. The van der Waals surface area contributed by atoms with Crippen molar-refractivity contribution in [2.45, 2.75) is 51.5 Å². The molecule has 0 aromatic rings. The second-order valence-electron chi connectivity index (χ2n) is 7.24. The number of rotatable bonds is 8. The monoisotopic (exact) mass is 281 g/mol. The van der Waals surface area contributed by atoms with Crippen LogP contribution in [0.25, 0.3) is 0 Å². The second-order valence-corrected chi connectivity index (χ2v) is 7.24. The molecule has 2 unspecified atom stereocenters. The lowest BCUT2D eigenvalue weighted by Gasteiger charge is -2.30. The number of nitrogens with one attached hydrogen (secondary N) is 1. The zero-order valence-electron chi connectivity index (χ0n) is 13.9. The van der Waals surface area contributed by atoms with Crippen LogP contribution in [0.3, 0.4) is 0 Å². The summed E-state index contributed by atoms with van der Waals surface area (Å²) in [6.45, 7) is 8.56. The Kier molecular flexibility index (Phi) is 6.79. The maximum Gasteiger partial charge on any atom is 0.0223 e. The van der Waals surface area contributed by atoms with Crippen LogP contribution in [0.5, 0.6) is 0 Å². The van der Waals surface area contributed by atoms with Crippen molar-refractivity contribution in [2.24, 2.45) is 11.8 Å². The lowest BCUT2D eigenvalue weighted by molar-refractivity contribution is 0.215. The van der Waals surface area contributed by atoms with Crippen LogP contribution in [-0.4, -0.2) is 62.7 Å². The molecule has 2 aliphatic rings. The van der Waals surface area contributed by atoms with Crippen molar-refractivity contribution in [1.29, 1.82) is 0 Å². The molecule has 2 fully saturated rings. The van der Waals surface area contributed by atoms with Gasteiger partial charge in [0.2, 0.25) is 0 Å².